The molecule has 0 unspecified atom stereocenters. The summed E-state index contributed by atoms with van der Waals surface area (Å²) in [6, 6.07) is 0. The Morgan fingerprint density at radius 2 is 2.43 bits per heavy atom. The summed E-state index contributed by atoms with van der Waals surface area (Å²) in [6.07, 6.45) is 1.14. The lowest BCUT2D eigenvalue weighted by Gasteiger charge is -1.89. The first kappa shape index (κ1) is 3.98. The first-order valence-electron chi connectivity index (χ1n) is 1.64. The van der Waals surface area contributed by atoms with Gasteiger partial charge in [-0.3, -0.25) is 13.9 Å². The van der Waals surface area contributed by atoms with Gasteiger partial charge in [0.05, 0.1) is 0 Å². The first-order valence-corrected chi connectivity index (χ1v) is 1.64. The van der Waals surface area contributed by atoms with Crippen molar-refractivity contribution in [1.29, 1.82) is 0 Å². The number of nitrogens with two attached hydrogens (primary N) is 1. The average molecular weight is 101 g/mol. The van der Waals surface area contributed by atoms with Crippen LogP contribution < -0.4 is 5.73 Å². The molecule has 1 rings (SSSR count). The second kappa shape index (κ2) is 1.14. The van der Waals surface area contributed by atoms with Crippen molar-refractivity contribution in [1.82, 2.24) is 0 Å². The molecule has 0 saturated carbocycles. The standard InChI is InChI=1S/C3H3NO3/c4-3(5)2-1-6-7-2/h1H,(H2,4,5). The Hall–Kier alpha value is -1.19. The van der Waals surface area contributed by atoms with Crippen molar-refractivity contribution in [2.75, 3.05) is 0 Å². The van der Waals surface area contributed by atoms with E-state index in [1.165, 1.54) is 0 Å². The van der Waals surface area contributed by atoms with E-state index in [-0.39, 0.29) is 5.76 Å². The summed E-state index contributed by atoms with van der Waals surface area (Å²) < 4.78 is 8.11. The summed E-state index contributed by atoms with van der Waals surface area (Å²) in [5, 5.41) is 0. The van der Waals surface area contributed by atoms with E-state index < -0.39 is 5.91 Å². The van der Waals surface area contributed by atoms with Crippen molar-refractivity contribution in [3.8, 4) is 0 Å². The Labute approximate surface area is 38.8 Å². The molecule has 0 radical (unpaired) electrons. The molecule has 4 heteroatoms. The lowest BCUT2D eigenvalue weighted by atomic mass is 10.5. The Morgan fingerprint density at radius 1 is 1.86 bits per heavy atom. The third-order valence-electron chi connectivity index (χ3n) is 0.536. The van der Waals surface area contributed by atoms with Gasteiger partial charge in [0.2, 0.25) is 0 Å². The van der Waals surface area contributed by atoms with Gasteiger partial charge in [-0.15, -0.1) is 0 Å². The summed E-state index contributed by atoms with van der Waals surface area (Å²) in [6.45, 7) is 0. The fraction of sp³-hybridized carbons (Fsp3) is 0. The fourth-order valence-corrected chi connectivity index (χ4v) is 0.195. The van der Waals surface area contributed by atoms with Crippen LogP contribution in [0.4, 0.5) is 0 Å². The molecule has 4 nitrogen and oxygen atoms in total. The number of carbonyl (C=O) groups excluding carboxylic acids is 1. The van der Waals surface area contributed by atoms with Gasteiger partial charge in [-0.05, 0) is 0 Å². The van der Waals surface area contributed by atoms with E-state index >= 15 is 0 Å². The molecule has 0 bridgehead atoms. The van der Waals surface area contributed by atoms with Crippen molar-refractivity contribution < 1.29 is 13.9 Å². The van der Waals surface area contributed by atoms with Crippen LogP contribution in [0.15, 0.2) is 15.4 Å². The maximum atomic E-state index is 9.93. The molecule has 7 heavy (non-hydrogen) atoms. The molecule has 0 spiro atoms. The summed E-state index contributed by atoms with van der Waals surface area (Å²) in [5.74, 6) is -0.536. The molecule has 0 aromatic carbocycles. The molecule has 0 aliphatic carbocycles. The SMILES string of the molecule is NC(=O)c1coo1. The van der Waals surface area contributed by atoms with Crippen molar-refractivity contribution in [2.45, 2.75) is 0 Å². The van der Waals surface area contributed by atoms with Crippen LogP contribution in [0.5, 0.6) is 0 Å². The molecule has 0 saturated heterocycles. The van der Waals surface area contributed by atoms with Crippen LogP contribution in [0.2, 0.25) is 0 Å². The third-order valence-corrected chi connectivity index (χ3v) is 0.536. The summed E-state index contributed by atoms with van der Waals surface area (Å²) in [7, 11) is 0. The Balaban J connectivity index is 2.73. The van der Waals surface area contributed by atoms with Crippen LogP contribution in [0.25, 0.3) is 0 Å². The highest BCUT2D eigenvalue weighted by Crippen LogP contribution is 1.98. The average Bonchev–Trinajstić information content (AvgIpc) is 1.23. The highest BCUT2D eigenvalue weighted by atomic mass is 17.0. The van der Waals surface area contributed by atoms with Gasteiger partial charge in [0.15, 0.2) is 6.26 Å². The topological polar surface area (TPSA) is 69.4 Å². The minimum absolute atomic E-state index is 0.0694. The number of carbonyl (C=O) groups is 1. The van der Waals surface area contributed by atoms with Crippen LogP contribution >= 0.6 is 0 Å². The normalized spacial score (nSPS) is 9.14. The molecule has 1 amide bonds. The van der Waals surface area contributed by atoms with E-state index in [2.05, 4.69) is 14.9 Å². The minimum atomic E-state index is -0.605. The second-order valence-electron chi connectivity index (χ2n) is 1.03. The fourth-order valence-electron chi connectivity index (χ4n) is 0.195. The smallest absolute Gasteiger partial charge is 0.292 e. The lowest BCUT2D eigenvalue weighted by Crippen LogP contribution is -2.11. The Morgan fingerprint density at radius 3 is 2.43 bits per heavy atom. The molecule has 2 N–H and O–H groups in total. The Bertz CT molecular complexity index is 154. The number of hydrogen-bond donors (Lipinski definition) is 1. The van der Waals surface area contributed by atoms with Gasteiger partial charge in [0.1, 0.15) is 0 Å². The zero-order valence-electron chi connectivity index (χ0n) is 3.38. The predicted molar refractivity (Wildman–Crippen MR) is 19.5 cm³/mol. The molecule has 0 aliphatic rings. The minimum Gasteiger partial charge on any atom is -0.363 e. The maximum absolute atomic E-state index is 9.93. The van der Waals surface area contributed by atoms with E-state index in [0.717, 1.165) is 6.26 Å². The van der Waals surface area contributed by atoms with E-state index in [1.54, 1.807) is 0 Å². The van der Waals surface area contributed by atoms with Crippen molar-refractivity contribution in [3.05, 3.63) is 12.0 Å². The zero-order chi connectivity index (χ0) is 5.28. The summed E-state index contributed by atoms with van der Waals surface area (Å²) in [5.41, 5.74) is 4.69. The lowest BCUT2D eigenvalue weighted by molar-refractivity contribution is -0.0118. The van der Waals surface area contributed by atoms with Crippen LogP contribution in [-0.4, -0.2) is 5.91 Å². The van der Waals surface area contributed by atoms with Gasteiger partial charge in [0.25, 0.3) is 11.7 Å². The van der Waals surface area contributed by atoms with E-state index in [9.17, 15) is 4.79 Å². The van der Waals surface area contributed by atoms with Gasteiger partial charge >= 0.3 is 0 Å². The van der Waals surface area contributed by atoms with Crippen LogP contribution in [0, 0.1) is 0 Å². The molecule has 1 aromatic heterocycles. The third kappa shape index (κ3) is 0.489. The summed E-state index contributed by atoms with van der Waals surface area (Å²) in [4.78, 5) is 9.93. The highest BCUT2D eigenvalue weighted by molar-refractivity contribution is 5.89. The largest absolute Gasteiger partial charge is 0.363 e. The first-order chi connectivity index (χ1) is 3.30. The van der Waals surface area contributed by atoms with Crippen LogP contribution in [-0.2, 0) is 0 Å². The maximum Gasteiger partial charge on any atom is 0.292 e. The van der Waals surface area contributed by atoms with Crippen molar-refractivity contribution >= 4 is 5.91 Å². The summed E-state index contributed by atoms with van der Waals surface area (Å²) >= 11 is 0. The van der Waals surface area contributed by atoms with Crippen LogP contribution in [0.1, 0.15) is 10.6 Å². The Kier molecular flexibility index (Phi) is 0.651. The van der Waals surface area contributed by atoms with Gasteiger partial charge in [0, 0.05) is 0 Å². The van der Waals surface area contributed by atoms with Gasteiger partial charge in [-0.2, -0.15) is 0 Å². The van der Waals surface area contributed by atoms with E-state index in [0.29, 0.717) is 0 Å². The van der Waals surface area contributed by atoms with Gasteiger partial charge in [-0.1, -0.05) is 0 Å². The van der Waals surface area contributed by atoms with E-state index in [4.69, 9.17) is 0 Å². The molecule has 1 aromatic rings. The van der Waals surface area contributed by atoms with Crippen LogP contribution in [0.3, 0.4) is 0 Å². The zero-order valence-corrected chi connectivity index (χ0v) is 3.38. The monoisotopic (exact) mass is 101 g/mol. The number of primary amides is 1. The number of hydrogen-bond acceptors (Lipinski definition) is 3. The van der Waals surface area contributed by atoms with Crippen molar-refractivity contribution in [2.24, 2.45) is 5.73 Å². The molecular formula is C3H3NO3. The highest BCUT2D eigenvalue weighted by Gasteiger charge is 2.06. The van der Waals surface area contributed by atoms with E-state index in [1.807, 2.05) is 0 Å². The van der Waals surface area contributed by atoms with Gasteiger partial charge < -0.3 is 5.73 Å². The quantitative estimate of drug-likeness (QED) is 0.505. The molecule has 0 fully saturated rings. The van der Waals surface area contributed by atoms with Crippen molar-refractivity contribution in [3.63, 3.8) is 0 Å². The number of rotatable bonds is 1. The molecule has 38 valence electrons. The molecule has 1 heterocycles. The molecular weight excluding hydrogens is 98.0 g/mol. The molecule has 0 aliphatic heterocycles. The molecule has 0 atom stereocenters. The van der Waals surface area contributed by atoms with Gasteiger partial charge in [-0.25, -0.2) is 0 Å². The second-order valence-corrected chi connectivity index (χ2v) is 1.03. The number of amides is 1. The predicted octanol–water partition coefficient (Wildman–Crippen LogP) is -0.0285.